The van der Waals surface area contributed by atoms with Gasteiger partial charge in [0.2, 0.25) is 11.8 Å². The first-order valence-corrected chi connectivity index (χ1v) is 12.7. The monoisotopic (exact) mass is 497 g/mol. The van der Waals surface area contributed by atoms with Crippen LogP contribution in [0.4, 0.5) is 6.01 Å². The van der Waals surface area contributed by atoms with Gasteiger partial charge in [-0.05, 0) is 37.0 Å². The fourth-order valence-electron chi connectivity index (χ4n) is 3.95. The third-order valence-corrected chi connectivity index (χ3v) is 7.67. The Morgan fingerprint density at radius 2 is 2.12 bits per heavy atom. The van der Waals surface area contributed by atoms with Gasteiger partial charge >= 0.3 is 6.01 Å². The van der Waals surface area contributed by atoms with E-state index < -0.39 is 0 Å². The summed E-state index contributed by atoms with van der Waals surface area (Å²) in [6, 6.07) is 7.35. The molecular weight excluding hydrogens is 474 g/mol. The average molecular weight is 498 g/mol. The lowest BCUT2D eigenvalue weighted by Crippen LogP contribution is -2.23. The van der Waals surface area contributed by atoms with E-state index in [0.29, 0.717) is 32.7 Å². The van der Waals surface area contributed by atoms with Crippen molar-refractivity contribution in [3.05, 3.63) is 51.0 Å². The van der Waals surface area contributed by atoms with E-state index in [1.807, 2.05) is 32.0 Å². The molecule has 0 spiro atoms. The number of thiophene rings is 1. The number of ether oxygens (including phenoxy) is 1. The van der Waals surface area contributed by atoms with E-state index in [1.165, 1.54) is 16.6 Å². The fraction of sp³-hybridized carbons (Fsp3) is 0.348. The van der Waals surface area contributed by atoms with Crippen LogP contribution < -0.4 is 15.6 Å². The molecule has 0 radical (unpaired) electrons. The highest BCUT2D eigenvalue weighted by Gasteiger charge is 2.25. The van der Waals surface area contributed by atoms with E-state index in [0.717, 1.165) is 24.8 Å². The normalized spacial score (nSPS) is 12.9. The van der Waals surface area contributed by atoms with Crippen molar-refractivity contribution in [3.8, 4) is 11.4 Å². The summed E-state index contributed by atoms with van der Waals surface area (Å²) < 4.78 is 12.5. The number of hydrogen-bond acceptors (Lipinski definition) is 9. The van der Waals surface area contributed by atoms with Crippen LogP contribution in [0, 0.1) is 0 Å². The molecule has 11 heteroatoms. The summed E-state index contributed by atoms with van der Waals surface area (Å²) in [6.07, 6.45) is 2.91. The summed E-state index contributed by atoms with van der Waals surface area (Å²) in [4.78, 5) is 33.1. The first kappa shape index (κ1) is 22.6. The number of para-hydroxylation sites is 2. The van der Waals surface area contributed by atoms with Crippen molar-refractivity contribution in [2.24, 2.45) is 0 Å². The first-order chi connectivity index (χ1) is 16.5. The number of benzene rings is 1. The Morgan fingerprint density at radius 3 is 2.88 bits per heavy atom. The Morgan fingerprint density at radius 1 is 1.29 bits per heavy atom. The van der Waals surface area contributed by atoms with E-state index in [1.54, 1.807) is 29.1 Å². The van der Waals surface area contributed by atoms with Crippen LogP contribution in [-0.4, -0.2) is 38.5 Å². The summed E-state index contributed by atoms with van der Waals surface area (Å²) in [6.45, 7) is 3.85. The van der Waals surface area contributed by atoms with E-state index in [9.17, 15) is 9.59 Å². The minimum atomic E-state index is -0.335. The van der Waals surface area contributed by atoms with Gasteiger partial charge in [-0.3, -0.25) is 19.5 Å². The quantitative estimate of drug-likeness (QED) is 0.299. The molecule has 0 saturated heterocycles. The minimum absolute atomic E-state index is 0.0115. The number of thioether (sulfide) groups is 1. The molecule has 0 fully saturated rings. The third-order valence-electron chi connectivity index (χ3n) is 5.55. The van der Waals surface area contributed by atoms with Crippen molar-refractivity contribution < 1.29 is 13.9 Å². The summed E-state index contributed by atoms with van der Waals surface area (Å²) in [5, 5.41) is 11.5. The maximum absolute atomic E-state index is 13.8. The minimum Gasteiger partial charge on any atom is -0.495 e. The zero-order valence-electron chi connectivity index (χ0n) is 19.0. The van der Waals surface area contributed by atoms with Crippen LogP contribution in [0.15, 0.2) is 38.6 Å². The van der Waals surface area contributed by atoms with Crippen molar-refractivity contribution in [2.75, 3.05) is 18.2 Å². The molecule has 0 saturated carbocycles. The Balaban J connectivity index is 1.50. The molecule has 4 aromatic rings. The van der Waals surface area contributed by atoms with E-state index in [4.69, 9.17) is 14.1 Å². The molecule has 3 aromatic heterocycles. The van der Waals surface area contributed by atoms with Crippen molar-refractivity contribution in [1.29, 1.82) is 0 Å². The Kier molecular flexibility index (Phi) is 6.13. The molecule has 0 bridgehead atoms. The lowest BCUT2D eigenvalue weighted by atomic mass is 10.2. The predicted molar refractivity (Wildman–Crippen MR) is 132 cm³/mol. The number of nitrogens with one attached hydrogen (secondary N) is 1. The van der Waals surface area contributed by atoms with Crippen molar-refractivity contribution in [1.82, 2.24) is 19.7 Å². The van der Waals surface area contributed by atoms with E-state index in [2.05, 4.69) is 15.5 Å². The zero-order chi connectivity index (χ0) is 23.8. The molecular formula is C23H23N5O4S2. The van der Waals surface area contributed by atoms with Gasteiger partial charge < -0.3 is 9.15 Å². The molecule has 9 nitrogen and oxygen atoms in total. The van der Waals surface area contributed by atoms with Crippen LogP contribution >= 0.6 is 23.1 Å². The van der Waals surface area contributed by atoms with Gasteiger partial charge in [0.15, 0.2) is 5.16 Å². The second-order valence-electron chi connectivity index (χ2n) is 8.18. The molecule has 3 heterocycles. The zero-order valence-corrected chi connectivity index (χ0v) is 20.6. The third kappa shape index (κ3) is 4.09. The van der Waals surface area contributed by atoms with Crippen molar-refractivity contribution in [2.45, 2.75) is 44.2 Å². The smallest absolute Gasteiger partial charge is 0.322 e. The number of rotatable bonds is 7. The summed E-state index contributed by atoms with van der Waals surface area (Å²) in [7, 11) is 1.56. The number of carbonyl (C=O) groups excluding carboxylic acids is 1. The summed E-state index contributed by atoms with van der Waals surface area (Å²) >= 11 is 2.74. The number of methoxy groups -OCH3 is 1. The van der Waals surface area contributed by atoms with Gasteiger partial charge in [-0.25, -0.2) is 4.98 Å². The maximum atomic E-state index is 13.8. The van der Waals surface area contributed by atoms with Crippen LogP contribution in [0.2, 0.25) is 0 Å². The predicted octanol–water partition coefficient (Wildman–Crippen LogP) is 4.18. The van der Waals surface area contributed by atoms with Crippen LogP contribution in [0.1, 0.15) is 42.5 Å². The second-order valence-corrected chi connectivity index (χ2v) is 10.2. The molecule has 1 aliphatic carbocycles. The van der Waals surface area contributed by atoms with Crippen LogP contribution in [-0.2, 0) is 17.6 Å². The van der Waals surface area contributed by atoms with Crippen LogP contribution in [0.3, 0.4) is 0 Å². The van der Waals surface area contributed by atoms with Gasteiger partial charge in [0.1, 0.15) is 10.6 Å². The van der Waals surface area contributed by atoms with Gasteiger partial charge in [-0.2, -0.15) is 0 Å². The lowest BCUT2D eigenvalue weighted by Gasteiger charge is -2.15. The molecule has 1 aliphatic rings. The summed E-state index contributed by atoms with van der Waals surface area (Å²) in [5.41, 5.74) is 1.55. The Bertz CT molecular complexity index is 1440. The molecule has 0 unspecified atom stereocenters. The highest BCUT2D eigenvalue weighted by molar-refractivity contribution is 7.99. The molecule has 34 heavy (non-hydrogen) atoms. The number of aryl methyl sites for hydroxylation is 2. The molecule has 1 aromatic carbocycles. The van der Waals surface area contributed by atoms with Crippen molar-refractivity contribution >= 4 is 45.2 Å². The van der Waals surface area contributed by atoms with Gasteiger partial charge in [-0.15, -0.1) is 16.4 Å². The van der Waals surface area contributed by atoms with Gasteiger partial charge in [0.05, 0.1) is 23.9 Å². The fourth-order valence-corrected chi connectivity index (χ4v) is 6.06. The van der Waals surface area contributed by atoms with E-state index in [-0.39, 0.29) is 29.2 Å². The lowest BCUT2D eigenvalue weighted by molar-refractivity contribution is -0.113. The largest absolute Gasteiger partial charge is 0.495 e. The number of nitrogens with zero attached hydrogens (tertiary/aromatic N) is 4. The molecule has 1 amide bonds. The highest BCUT2D eigenvalue weighted by atomic mass is 32.2. The molecule has 1 N–H and O–H groups in total. The van der Waals surface area contributed by atoms with Crippen molar-refractivity contribution in [3.63, 3.8) is 0 Å². The van der Waals surface area contributed by atoms with E-state index >= 15 is 0 Å². The number of carbonyl (C=O) groups is 1. The number of hydrogen-bond donors (Lipinski definition) is 1. The molecule has 0 aliphatic heterocycles. The second kappa shape index (κ2) is 9.22. The first-order valence-electron chi connectivity index (χ1n) is 10.9. The number of fused-ring (bicyclic) bond motifs is 3. The standard InChI is InChI=1S/C23H23N5O4S2/c1-12(2)19-26-27-22(32-19)24-17(29)11-33-23-25-20-18(13-7-6-10-16(13)34-20)21(30)28(23)14-8-4-5-9-15(14)31-3/h4-5,8-9,12H,6-7,10-11H2,1-3H3,(H,24,27,29). The number of amides is 1. The maximum Gasteiger partial charge on any atom is 0.322 e. The Hall–Kier alpha value is -3.18. The average Bonchev–Trinajstić information content (AvgIpc) is 3.54. The molecule has 0 atom stereocenters. The topological polar surface area (TPSA) is 112 Å². The number of aromatic nitrogens is 4. The van der Waals surface area contributed by atoms with Gasteiger partial charge in [-0.1, -0.05) is 42.8 Å². The molecule has 5 rings (SSSR count). The SMILES string of the molecule is COc1ccccc1-n1c(SCC(=O)Nc2nnc(C(C)C)o2)nc2sc3c(c2c1=O)CCC3. The number of anilines is 1. The van der Waals surface area contributed by atoms with Crippen LogP contribution in [0.25, 0.3) is 15.9 Å². The molecule has 176 valence electrons. The van der Waals surface area contributed by atoms with Crippen LogP contribution in [0.5, 0.6) is 5.75 Å². The summed E-state index contributed by atoms with van der Waals surface area (Å²) in [5.74, 6) is 0.740. The van der Waals surface area contributed by atoms with Gasteiger partial charge in [0, 0.05) is 10.8 Å². The Labute approximate surface area is 203 Å². The van der Waals surface area contributed by atoms with Gasteiger partial charge in [0.25, 0.3) is 5.56 Å². The highest BCUT2D eigenvalue weighted by Crippen LogP contribution is 2.36.